The molecule has 0 unspecified atom stereocenters. The minimum atomic E-state index is -0.382. The van der Waals surface area contributed by atoms with Crippen LogP contribution in [0, 0.1) is 17.0 Å². The van der Waals surface area contributed by atoms with Crippen LogP contribution in [0.4, 0.5) is 23.1 Å². The van der Waals surface area contributed by atoms with E-state index in [4.69, 9.17) is 0 Å². The van der Waals surface area contributed by atoms with Crippen molar-refractivity contribution in [3.05, 3.63) is 64.3 Å². The number of nitrogens with one attached hydrogen (secondary N) is 2. The average Bonchev–Trinajstić information content (AvgIpc) is 3.23. The molecule has 29 heavy (non-hydrogen) atoms. The molecule has 2 aromatic heterocycles. The molecule has 1 aliphatic rings. The number of pyridine rings is 1. The maximum Gasteiger partial charge on any atom is 0.274 e. The molecule has 1 aliphatic carbocycles. The smallest absolute Gasteiger partial charge is 0.274 e. The van der Waals surface area contributed by atoms with Crippen LogP contribution in [0.1, 0.15) is 31.2 Å². The van der Waals surface area contributed by atoms with Gasteiger partial charge in [0.05, 0.1) is 21.9 Å². The second-order valence-electron chi connectivity index (χ2n) is 7.13. The topological polar surface area (TPSA) is 106 Å². The Morgan fingerprint density at radius 1 is 1.07 bits per heavy atom. The summed E-state index contributed by atoms with van der Waals surface area (Å²) >= 11 is 0. The summed E-state index contributed by atoms with van der Waals surface area (Å²) in [5.41, 5.74) is 2.69. The Morgan fingerprint density at radius 3 is 2.62 bits per heavy atom. The highest BCUT2D eigenvalue weighted by molar-refractivity contribution is 5.69. The summed E-state index contributed by atoms with van der Waals surface area (Å²) in [7, 11) is 0. The van der Waals surface area contributed by atoms with E-state index in [0.29, 0.717) is 34.8 Å². The van der Waals surface area contributed by atoms with E-state index in [1.54, 1.807) is 31.3 Å². The molecule has 0 spiro atoms. The molecule has 0 aliphatic heterocycles. The standard InChI is InChI=1S/C21H22N6O2/c1-14-16(10-6-11-19(14)27(28)29)24-20-13-18(17-9-4-5-12-22-17)25-21(26-20)23-15-7-2-3-8-15/h4-6,9-13,15H,2-3,7-8H2,1H3,(H2,23,24,25,26). The molecule has 8 heteroatoms. The molecule has 4 rings (SSSR count). The van der Waals surface area contributed by atoms with Gasteiger partial charge in [-0.1, -0.05) is 25.0 Å². The second-order valence-corrected chi connectivity index (χ2v) is 7.13. The summed E-state index contributed by atoms with van der Waals surface area (Å²) in [5.74, 6) is 1.09. The van der Waals surface area contributed by atoms with Crippen LogP contribution in [0.15, 0.2) is 48.7 Å². The Bertz CT molecular complexity index is 1020. The molecular weight excluding hydrogens is 368 g/mol. The molecule has 0 bridgehead atoms. The van der Waals surface area contributed by atoms with Gasteiger partial charge in [-0.3, -0.25) is 15.1 Å². The van der Waals surface area contributed by atoms with Crippen LogP contribution < -0.4 is 10.6 Å². The van der Waals surface area contributed by atoms with Crippen LogP contribution in [-0.4, -0.2) is 25.9 Å². The van der Waals surface area contributed by atoms with Crippen molar-refractivity contribution >= 4 is 23.1 Å². The van der Waals surface area contributed by atoms with E-state index in [2.05, 4.69) is 25.6 Å². The van der Waals surface area contributed by atoms with E-state index < -0.39 is 0 Å². The quantitative estimate of drug-likeness (QED) is 0.457. The number of aromatic nitrogens is 3. The van der Waals surface area contributed by atoms with E-state index in [-0.39, 0.29) is 10.6 Å². The third-order valence-corrected chi connectivity index (χ3v) is 5.11. The fourth-order valence-electron chi connectivity index (χ4n) is 3.57. The zero-order chi connectivity index (χ0) is 20.2. The van der Waals surface area contributed by atoms with Crippen molar-refractivity contribution < 1.29 is 4.92 Å². The van der Waals surface area contributed by atoms with Gasteiger partial charge in [0.2, 0.25) is 5.95 Å². The number of rotatable bonds is 6. The zero-order valence-corrected chi connectivity index (χ0v) is 16.1. The molecule has 1 fully saturated rings. The van der Waals surface area contributed by atoms with Gasteiger partial charge in [0.1, 0.15) is 5.82 Å². The maximum absolute atomic E-state index is 11.2. The number of nitrogens with zero attached hydrogens (tertiary/aromatic N) is 4. The molecule has 0 amide bonds. The Hall–Kier alpha value is -3.55. The fraction of sp³-hybridized carbons (Fsp3) is 0.286. The predicted molar refractivity (Wildman–Crippen MR) is 112 cm³/mol. The number of nitro groups is 1. The predicted octanol–water partition coefficient (Wildman–Crippen LogP) is 4.85. The van der Waals surface area contributed by atoms with E-state index in [1.165, 1.54) is 18.9 Å². The summed E-state index contributed by atoms with van der Waals surface area (Å²) < 4.78 is 0. The first-order valence-electron chi connectivity index (χ1n) is 9.68. The van der Waals surface area contributed by atoms with Crippen LogP contribution >= 0.6 is 0 Å². The van der Waals surface area contributed by atoms with E-state index in [9.17, 15) is 10.1 Å². The van der Waals surface area contributed by atoms with Gasteiger partial charge in [0, 0.05) is 30.1 Å². The van der Waals surface area contributed by atoms with E-state index in [1.807, 2.05) is 18.2 Å². The molecule has 2 heterocycles. The number of nitro benzene ring substituents is 1. The number of benzene rings is 1. The van der Waals surface area contributed by atoms with Gasteiger partial charge in [-0.15, -0.1) is 0 Å². The highest BCUT2D eigenvalue weighted by Gasteiger charge is 2.18. The molecule has 1 aromatic carbocycles. The molecular formula is C21H22N6O2. The molecule has 0 atom stereocenters. The highest BCUT2D eigenvalue weighted by atomic mass is 16.6. The monoisotopic (exact) mass is 390 g/mol. The Kier molecular flexibility index (Phi) is 5.33. The normalized spacial score (nSPS) is 14.0. The van der Waals surface area contributed by atoms with Crippen molar-refractivity contribution in [2.75, 3.05) is 10.6 Å². The molecule has 148 valence electrons. The van der Waals surface area contributed by atoms with E-state index >= 15 is 0 Å². The molecule has 0 saturated heterocycles. The molecule has 0 radical (unpaired) electrons. The molecule has 2 N–H and O–H groups in total. The Labute approximate surface area is 168 Å². The summed E-state index contributed by atoms with van der Waals surface area (Å²) in [4.78, 5) is 24.5. The first kappa shape index (κ1) is 18.8. The summed E-state index contributed by atoms with van der Waals surface area (Å²) in [6, 6.07) is 12.8. The first-order valence-corrected chi connectivity index (χ1v) is 9.68. The van der Waals surface area contributed by atoms with E-state index in [0.717, 1.165) is 18.5 Å². The van der Waals surface area contributed by atoms with Gasteiger partial charge < -0.3 is 10.6 Å². The second kappa shape index (κ2) is 8.22. The molecule has 8 nitrogen and oxygen atoms in total. The minimum absolute atomic E-state index is 0.0679. The lowest BCUT2D eigenvalue weighted by Gasteiger charge is -2.15. The van der Waals surface area contributed by atoms with Crippen LogP contribution in [0.5, 0.6) is 0 Å². The largest absolute Gasteiger partial charge is 0.351 e. The lowest BCUT2D eigenvalue weighted by molar-refractivity contribution is -0.385. The van der Waals surface area contributed by atoms with Gasteiger partial charge in [0.15, 0.2) is 0 Å². The zero-order valence-electron chi connectivity index (χ0n) is 16.1. The number of anilines is 3. The van der Waals surface area contributed by atoms with Crippen molar-refractivity contribution in [3.63, 3.8) is 0 Å². The van der Waals surface area contributed by atoms with Crippen molar-refractivity contribution in [1.29, 1.82) is 0 Å². The third kappa shape index (κ3) is 4.31. The van der Waals surface area contributed by atoms with Gasteiger partial charge in [-0.2, -0.15) is 4.98 Å². The van der Waals surface area contributed by atoms with Crippen LogP contribution in [-0.2, 0) is 0 Å². The highest BCUT2D eigenvalue weighted by Crippen LogP contribution is 2.29. The number of hydrogen-bond donors (Lipinski definition) is 2. The number of hydrogen-bond acceptors (Lipinski definition) is 7. The van der Waals surface area contributed by atoms with Crippen molar-refractivity contribution in [1.82, 2.24) is 15.0 Å². The summed E-state index contributed by atoms with van der Waals surface area (Å²) in [6.07, 6.45) is 6.33. The van der Waals surface area contributed by atoms with Crippen molar-refractivity contribution in [2.24, 2.45) is 0 Å². The summed E-state index contributed by atoms with van der Waals surface area (Å²) in [5, 5.41) is 17.9. The van der Waals surface area contributed by atoms with Crippen LogP contribution in [0.2, 0.25) is 0 Å². The third-order valence-electron chi connectivity index (χ3n) is 5.11. The Morgan fingerprint density at radius 2 is 1.90 bits per heavy atom. The lowest BCUT2D eigenvalue weighted by atomic mass is 10.1. The lowest BCUT2D eigenvalue weighted by Crippen LogP contribution is -2.17. The average molecular weight is 390 g/mol. The SMILES string of the molecule is Cc1c(Nc2cc(-c3ccccn3)nc(NC3CCCC3)n2)cccc1[N+](=O)[O-]. The van der Waals surface area contributed by atoms with Gasteiger partial charge >= 0.3 is 0 Å². The Balaban J connectivity index is 1.70. The minimum Gasteiger partial charge on any atom is -0.351 e. The van der Waals surface area contributed by atoms with Crippen LogP contribution in [0.25, 0.3) is 11.4 Å². The van der Waals surface area contributed by atoms with Gasteiger partial charge in [0.25, 0.3) is 5.69 Å². The molecule has 1 saturated carbocycles. The van der Waals surface area contributed by atoms with Gasteiger partial charge in [-0.25, -0.2) is 4.98 Å². The van der Waals surface area contributed by atoms with Crippen molar-refractivity contribution in [2.45, 2.75) is 38.6 Å². The summed E-state index contributed by atoms with van der Waals surface area (Å²) in [6.45, 7) is 1.72. The van der Waals surface area contributed by atoms with Crippen LogP contribution in [0.3, 0.4) is 0 Å². The first-order chi connectivity index (χ1) is 14.1. The maximum atomic E-state index is 11.2. The fourth-order valence-corrected chi connectivity index (χ4v) is 3.57. The van der Waals surface area contributed by atoms with Crippen molar-refractivity contribution in [3.8, 4) is 11.4 Å². The molecule has 3 aromatic rings. The van der Waals surface area contributed by atoms with Gasteiger partial charge in [-0.05, 0) is 38.0 Å².